The summed E-state index contributed by atoms with van der Waals surface area (Å²) in [6.07, 6.45) is 1.44. The molecule has 70 valence electrons. The lowest BCUT2D eigenvalue weighted by atomic mass is 10.2. The van der Waals surface area contributed by atoms with Crippen molar-refractivity contribution in [2.24, 2.45) is 0 Å². The van der Waals surface area contributed by atoms with Crippen LogP contribution in [0.5, 0.6) is 0 Å². The second-order valence-electron chi connectivity index (χ2n) is 2.88. The normalized spacial score (nSPS) is 12.6. The molecule has 0 rings (SSSR count). The molecule has 0 aliphatic heterocycles. The van der Waals surface area contributed by atoms with E-state index >= 15 is 0 Å². The molecule has 1 unspecified atom stereocenters. The molecule has 1 atom stereocenters. The molecular formula is C9H16O2S. The van der Waals surface area contributed by atoms with Crippen LogP contribution in [0.15, 0.2) is 0 Å². The lowest BCUT2D eigenvalue weighted by Gasteiger charge is -2.09. The number of hydrogen-bond acceptors (Lipinski definition) is 3. The third-order valence-corrected chi connectivity index (χ3v) is 2.99. The summed E-state index contributed by atoms with van der Waals surface area (Å²) in [4.78, 5) is 21.8. The summed E-state index contributed by atoms with van der Waals surface area (Å²) >= 11 is 1.59. The van der Waals surface area contributed by atoms with Crippen LogP contribution in [0.25, 0.3) is 0 Å². The van der Waals surface area contributed by atoms with Gasteiger partial charge in [-0.2, -0.15) is 11.8 Å². The van der Waals surface area contributed by atoms with Crippen LogP contribution < -0.4 is 0 Å². The average Bonchev–Trinajstić information content (AvgIpc) is 1.96. The van der Waals surface area contributed by atoms with Crippen LogP contribution in [-0.4, -0.2) is 22.6 Å². The lowest BCUT2D eigenvalue weighted by Crippen LogP contribution is -2.17. The molecule has 3 heteroatoms. The molecule has 0 N–H and O–H groups in total. The SMILES string of the molecule is CCCSC(CC(C)=O)C(C)=O. The molecule has 0 aromatic heterocycles. The van der Waals surface area contributed by atoms with Crippen LogP contribution in [0.1, 0.15) is 33.6 Å². The molecule has 0 amide bonds. The predicted molar refractivity (Wildman–Crippen MR) is 52.5 cm³/mol. The van der Waals surface area contributed by atoms with Crippen LogP contribution in [0.3, 0.4) is 0 Å². The number of hydrogen-bond donors (Lipinski definition) is 0. The summed E-state index contributed by atoms with van der Waals surface area (Å²) in [7, 11) is 0. The van der Waals surface area contributed by atoms with Gasteiger partial charge in [0.25, 0.3) is 0 Å². The molecule has 0 radical (unpaired) electrons. The van der Waals surface area contributed by atoms with Gasteiger partial charge in [0.1, 0.15) is 11.6 Å². The Hall–Kier alpha value is -0.310. The first-order valence-electron chi connectivity index (χ1n) is 4.19. The zero-order valence-electron chi connectivity index (χ0n) is 7.92. The maximum absolute atomic E-state index is 11.0. The van der Waals surface area contributed by atoms with Gasteiger partial charge in [0.2, 0.25) is 0 Å². The van der Waals surface area contributed by atoms with E-state index in [2.05, 4.69) is 6.92 Å². The van der Waals surface area contributed by atoms with Gasteiger partial charge in [0.05, 0.1) is 5.25 Å². The topological polar surface area (TPSA) is 34.1 Å². The Morgan fingerprint density at radius 1 is 1.33 bits per heavy atom. The fraction of sp³-hybridized carbons (Fsp3) is 0.778. The van der Waals surface area contributed by atoms with E-state index in [9.17, 15) is 9.59 Å². The fourth-order valence-electron chi connectivity index (χ4n) is 0.841. The number of ketones is 2. The van der Waals surface area contributed by atoms with Gasteiger partial charge in [0, 0.05) is 6.42 Å². The Bertz CT molecular complexity index is 166. The molecule has 0 heterocycles. The van der Waals surface area contributed by atoms with Crippen molar-refractivity contribution >= 4 is 23.3 Å². The Morgan fingerprint density at radius 2 is 1.92 bits per heavy atom. The minimum Gasteiger partial charge on any atom is -0.300 e. The molecule has 0 aliphatic rings. The third kappa shape index (κ3) is 5.35. The van der Waals surface area contributed by atoms with Gasteiger partial charge in [-0.15, -0.1) is 0 Å². The van der Waals surface area contributed by atoms with E-state index in [1.165, 1.54) is 6.92 Å². The molecule has 0 spiro atoms. The third-order valence-electron chi connectivity index (χ3n) is 1.45. The zero-order chi connectivity index (χ0) is 9.56. The van der Waals surface area contributed by atoms with E-state index in [1.807, 2.05) is 0 Å². The highest BCUT2D eigenvalue weighted by Gasteiger charge is 2.15. The molecular weight excluding hydrogens is 172 g/mol. The van der Waals surface area contributed by atoms with Gasteiger partial charge in [-0.1, -0.05) is 6.92 Å². The van der Waals surface area contributed by atoms with E-state index in [1.54, 1.807) is 18.7 Å². The Kier molecular flexibility index (Phi) is 6.07. The van der Waals surface area contributed by atoms with Gasteiger partial charge in [-0.05, 0) is 26.0 Å². The summed E-state index contributed by atoms with van der Waals surface area (Å²) in [5.41, 5.74) is 0. The second-order valence-corrected chi connectivity index (χ2v) is 4.19. The van der Waals surface area contributed by atoms with E-state index in [0.717, 1.165) is 12.2 Å². The summed E-state index contributed by atoms with van der Waals surface area (Å²) in [6, 6.07) is 0. The molecule has 0 saturated carbocycles. The Labute approximate surface area is 78.1 Å². The molecule has 0 saturated heterocycles. The first kappa shape index (κ1) is 11.7. The van der Waals surface area contributed by atoms with Crippen molar-refractivity contribution in [3.8, 4) is 0 Å². The Morgan fingerprint density at radius 3 is 2.25 bits per heavy atom. The maximum Gasteiger partial charge on any atom is 0.143 e. The minimum atomic E-state index is -0.109. The van der Waals surface area contributed by atoms with Crippen molar-refractivity contribution in [1.29, 1.82) is 0 Å². The largest absolute Gasteiger partial charge is 0.300 e. The van der Waals surface area contributed by atoms with Gasteiger partial charge < -0.3 is 0 Å². The van der Waals surface area contributed by atoms with Crippen LogP contribution >= 0.6 is 11.8 Å². The average molecular weight is 188 g/mol. The molecule has 0 aromatic rings. The van der Waals surface area contributed by atoms with E-state index in [0.29, 0.717) is 6.42 Å². The number of Topliss-reactive ketones (excluding diaryl/α,β-unsaturated/α-hetero) is 2. The molecule has 0 aromatic carbocycles. The van der Waals surface area contributed by atoms with Crippen molar-refractivity contribution in [3.63, 3.8) is 0 Å². The van der Waals surface area contributed by atoms with E-state index in [-0.39, 0.29) is 16.8 Å². The summed E-state index contributed by atoms with van der Waals surface area (Å²) in [5.74, 6) is 1.17. The molecule has 0 aliphatic carbocycles. The molecule has 2 nitrogen and oxygen atoms in total. The molecule has 0 bridgehead atoms. The highest BCUT2D eigenvalue weighted by Crippen LogP contribution is 2.16. The first-order valence-corrected chi connectivity index (χ1v) is 5.24. The maximum atomic E-state index is 11.0. The van der Waals surface area contributed by atoms with Crippen molar-refractivity contribution in [3.05, 3.63) is 0 Å². The second kappa shape index (κ2) is 6.23. The quantitative estimate of drug-likeness (QED) is 0.640. The monoisotopic (exact) mass is 188 g/mol. The number of carbonyl (C=O) groups is 2. The van der Waals surface area contributed by atoms with Crippen molar-refractivity contribution in [2.75, 3.05) is 5.75 Å². The van der Waals surface area contributed by atoms with Crippen molar-refractivity contribution in [1.82, 2.24) is 0 Å². The highest BCUT2D eigenvalue weighted by atomic mass is 32.2. The van der Waals surface area contributed by atoms with E-state index < -0.39 is 0 Å². The van der Waals surface area contributed by atoms with Crippen LogP contribution in [0.2, 0.25) is 0 Å². The zero-order valence-corrected chi connectivity index (χ0v) is 8.74. The van der Waals surface area contributed by atoms with Crippen LogP contribution in [0, 0.1) is 0 Å². The highest BCUT2D eigenvalue weighted by molar-refractivity contribution is 8.00. The van der Waals surface area contributed by atoms with Crippen molar-refractivity contribution < 1.29 is 9.59 Å². The van der Waals surface area contributed by atoms with E-state index in [4.69, 9.17) is 0 Å². The fourth-order valence-corrected chi connectivity index (χ4v) is 1.95. The summed E-state index contributed by atoms with van der Waals surface area (Å²) in [6.45, 7) is 5.15. The van der Waals surface area contributed by atoms with Gasteiger partial charge in [0.15, 0.2) is 0 Å². The number of carbonyl (C=O) groups excluding carboxylic acids is 2. The van der Waals surface area contributed by atoms with Crippen molar-refractivity contribution in [2.45, 2.75) is 38.9 Å². The van der Waals surface area contributed by atoms with Crippen LogP contribution in [-0.2, 0) is 9.59 Å². The lowest BCUT2D eigenvalue weighted by molar-refractivity contribution is -0.121. The smallest absolute Gasteiger partial charge is 0.143 e. The summed E-state index contributed by atoms with van der Waals surface area (Å²) < 4.78 is 0. The minimum absolute atomic E-state index is 0.0961. The summed E-state index contributed by atoms with van der Waals surface area (Å²) in [5, 5.41) is -0.109. The number of thioether (sulfide) groups is 1. The Balaban J connectivity index is 3.87. The molecule has 0 fully saturated rings. The van der Waals surface area contributed by atoms with Gasteiger partial charge in [-0.3, -0.25) is 9.59 Å². The standard InChI is InChI=1S/C9H16O2S/c1-4-5-12-9(8(3)11)6-7(2)10/h9H,4-6H2,1-3H3. The van der Waals surface area contributed by atoms with Gasteiger partial charge >= 0.3 is 0 Å². The predicted octanol–water partition coefficient (Wildman–Crippen LogP) is 2.07. The van der Waals surface area contributed by atoms with Crippen LogP contribution in [0.4, 0.5) is 0 Å². The number of rotatable bonds is 6. The van der Waals surface area contributed by atoms with Gasteiger partial charge in [-0.25, -0.2) is 0 Å². The molecule has 12 heavy (non-hydrogen) atoms. The first-order chi connectivity index (χ1) is 5.57.